The highest BCUT2D eigenvalue weighted by molar-refractivity contribution is 5.78. The fourth-order valence-corrected chi connectivity index (χ4v) is 2.04. The summed E-state index contributed by atoms with van der Waals surface area (Å²) in [6, 6.07) is -0.0325. The number of nitrogens with zero attached hydrogens (tertiary/aromatic N) is 2. The highest BCUT2D eigenvalue weighted by atomic mass is 16.2. The molecule has 0 spiro atoms. The topological polar surface area (TPSA) is 52.7 Å². The van der Waals surface area contributed by atoms with E-state index >= 15 is 0 Å². The zero-order valence-electron chi connectivity index (χ0n) is 10.9. The number of amides is 3. The van der Waals surface area contributed by atoms with E-state index in [0.29, 0.717) is 13.0 Å². The molecule has 0 saturated carbocycles. The molecule has 0 radical (unpaired) electrons. The molecule has 1 heterocycles. The van der Waals surface area contributed by atoms with Gasteiger partial charge in [-0.25, -0.2) is 4.79 Å². The van der Waals surface area contributed by atoms with Crippen LogP contribution < -0.4 is 5.32 Å². The zero-order valence-corrected chi connectivity index (χ0v) is 10.9. The molecule has 98 valence electrons. The van der Waals surface area contributed by atoms with E-state index < -0.39 is 0 Å². The van der Waals surface area contributed by atoms with Gasteiger partial charge >= 0.3 is 6.03 Å². The van der Waals surface area contributed by atoms with E-state index in [1.807, 2.05) is 18.7 Å². The molecule has 1 saturated heterocycles. The third-order valence-electron chi connectivity index (χ3n) is 3.12. The van der Waals surface area contributed by atoms with Gasteiger partial charge in [0.05, 0.1) is 0 Å². The maximum Gasteiger partial charge on any atom is 0.317 e. The van der Waals surface area contributed by atoms with E-state index in [2.05, 4.69) is 5.32 Å². The van der Waals surface area contributed by atoms with Gasteiger partial charge in [0.1, 0.15) is 0 Å². The number of hydrogen-bond acceptors (Lipinski definition) is 2. The van der Waals surface area contributed by atoms with Crippen molar-refractivity contribution in [3.05, 3.63) is 0 Å². The summed E-state index contributed by atoms with van der Waals surface area (Å²) in [5.74, 6) is 0.108. The molecule has 3 amide bonds. The Morgan fingerprint density at radius 1 is 1.18 bits per heavy atom. The second kappa shape index (κ2) is 7.14. The standard InChI is InChI=1S/C12H23N3O2/c1-3-14(4-2)11(16)7-8-13-12(17)15-9-5-6-10-15/h3-10H2,1-2H3,(H,13,17). The van der Waals surface area contributed by atoms with Crippen LogP contribution in [0.3, 0.4) is 0 Å². The summed E-state index contributed by atoms with van der Waals surface area (Å²) in [5, 5.41) is 2.80. The molecule has 0 aliphatic carbocycles. The van der Waals surface area contributed by atoms with Crippen LogP contribution in [0.15, 0.2) is 0 Å². The Kier molecular flexibility index (Phi) is 5.80. The van der Waals surface area contributed by atoms with Crippen molar-refractivity contribution in [2.75, 3.05) is 32.7 Å². The van der Waals surface area contributed by atoms with Crippen molar-refractivity contribution in [2.24, 2.45) is 0 Å². The van der Waals surface area contributed by atoms with Crippen molar-refractivity contribution in [1.82, 2.24) is 15.1 Å². The number of carbonyl (C=O) groups is 2. The van der Waals surface area contributed by atoms with Crippen LogP contribution >= 0.6 is 0 Å². The van der Waals surface area contributed by atoms with E-state index in [0.717, 1.165) is 39.0 Å². The van der Waals surface area contributed by atoms with Crippen molar-refractivity contribution in [3.8, 4) is 0 Å². The molecular formula is C12H23N3O2. The van der Waals surface area contributed by atoms with Gasteiger partial charge in [0.25, 0.3) is 0 Å². The summed E-state index contributed by atoms with van der Waals surface area (Å²) in [7, 11) is 0. The Labute approximate surface area is 103 Å². The lowest BCUT2D eigenvalue weighted by atomic mass is 10.3. The average molecular weight is 241 g/mol. The quantitative estimate of drug-likeness (QED) is 0.782. The van der Waals surface area contributed by atoms with Gasteiger partial charge in [-0.15, -0.1) is 0 Å². The highest BCUT2D eigenvalue weighted by Crippen LogP contribution is 2.06. The number of nitrogens with one attached hydrogen (secondary N) is 1. The largest absolute Gasteiger partial charge is 0.343 e. The Morgan fingerprint density at radius 3 is 2.29 bits per heavy atom. The predicted molar refractivity (Wildman–Crippen MR) is 66.8 cm³/mol. The number of carbonyl (C=O) groups excluding carboxylic acids is 2. The van der Waals surface area contributed by atoms with Crippen molar-refractivity contribution < 1.29 is 9.59 Å². The molecule has 1 fully saturated rings. The molecule has 0 bridgehead atoms. The highest BCUT2D eigenvalue weighted by Gasteiger charge is 2.17. The zero-order chi connectivity index (χ0) is 12.7. The van der Waals surface area contributed by atoms with Gasteiger partial charge in [-0.05, 0) is 26.7 Å². The Morgan fingerprint density at radius 2 is 1.76 bits per heavy atom. The fraction of sp³-hybridized carbons (Fsp3) is 0.833. The van der Waals surface area contributed by atoms with Crippen LogP contribution in [-0.2, 0) is 4.79 Å². The van der Waals surface area contributed by atoms with Crippen molar-refractivity contribution in [3.63, 3.8) is 0 Å². The lowest BCUT2D eigenvalue weighted by molar-refractivity contribution is -0.130. The first-order chi connectivity index (χ1) is 8.19. The minimum atomic E-state index is -0.0325. The fourth-order valence-electron chi connectivity index (χ4n) is 2.04. The molecule has 5 nitrogen and oxygen atoms in total. The third-order valence-corrected chi connectivity index (χ3v) is 3.12. The summed E-state index contributed by atoms with van der Waals surface area (Å²) in [4.78, 5) is 26.9. The van der Waals surface area contributed by atoms with Crippen LogP contribution in [0.2, 0.25) is 0 Å². The van der Waals surface area contributed by atoms with Crippen molar-refractivity contribution in [1.29, 1.82) is 0 Å². The summed E-state index contributed by atoms with van der Waals surface area (Å²) in [5.41, 5.74) is 0. The molecule has 1 rings (SSSR count). The first kappa shape index (κ1) is 13.8. The molecule has 5 heteroatoms. The summed E-state index contributed by atoms with van der Waals surface area (Å²) >= 11 is 0. The first-order valence-electron chi connectivity index (χ1n) is 6.49. The van der Waals surface area contributed by atoms with E-state index in [4.69, 9.17) is 0 Å². The first-order valence-corrected chi connectivity index (χ1v) is 6.49. The van der Waals surface area contributed by atoms with Crippen molar-refractivity contribution in [2.45, 2.75) is 33.1 Å². The second-order valence-corrected chi connectivity index (χ2v) is 4.24. The smallest absolute Gasteiger partial charge is 0.317 e. The second-order valence-electron chi connectivity index (χ2n) is 4.24. The normalized spacial score (nSPS) is 14.8. The number of urea groups is 1. The van der Waals surface area contributed by atoms with Gasteiger partial charge < -0.3 is 15.1 Å². The maximum atomic E-state index is 11.7. The average Bonchev–Trinajstić information content (AvgIpc) is 2.84. The third kappa shape index (κ3) is 4.24. The van der Waals surface area contributed by atoms with E-state index in [-0.39, 0.29) is 11.9 Å². The summed E-state index contributed by atoms with van der Waals surface area (Å²) in [6.45, 7) is 7.51. The monoisotopic (exact) mass is 241 g/mol. The van der Waals surface area contributed by atoms with Crippen LogP contribution in [-0.4, -0.2) is 54.5 Å². The molecule has 0 aromatic heterocycles. The minimum absolute atomic E-state index is 0.0325. The maximum absolute atomic E-state index is 11.7. The molecule has 0 unspecified atom stereocenters. The molecule has 0 atom stereocenters. The Balaban J connectivity index is 2.18. The van der Waals surface area contributed by atoms with Gasteiger partial charge in [-0.3, -0.25) is 4.79 Å². The van der Waals surface area contributed by atoms with E-state index in [1.165, 1.54) is 0 Å². The summed E-state index contributed by atoms with van der Waals surface area (Å²) in [6.07, 6.45) is 2.57. The molecule has 0 aromatic rings. The predicted octanol–water partition coefficient (Wildman–Crippen LogP) is 1.05. The minimum Gasteiger partial charge on any atom is -0.343 e. The Bertz CT molecular complexity index is 244. The Hall–Kier alpha value is -1.26. The molecule has 17 heavy (non-hydrogen) atoms. The van der Waals surface area contributed by atoms with Crippen LogP contribution in [0, 0.1) is 0 Å². The van der Waals surface area contributed by atoms with Gasteiger partial charge in [-0.2, -0.15) is 0 Å². The molecule has 1 aliphatic heterocycles. The van der Waals surface area contributed by atoms with Gasteiger partial charge in [-0.1, -0.05) is 0 Å². The molecule has 1 N–H and O–H groups in total. The number of rotatable bonds is 5. The van der Waals surface area contributed by atoms with Crippen molar-refractivity contribution >= 4 is 11.9 Å². The molecular weight excluding hydrogens is 218 g/mol. The summed E-state index contributed by atoms with van der Waals surface area (Å²) < 4.78 is 0. The van der Waals surface area contributed by atoms with E-state index in [1.54, 1.807) is 4.90 Å². The SMILES string of the molecule is CCN(CC)C(=O)CCNC(=O)N1CCCC1. The lowest BCUT2D eigenvalue weighted by Gasteiger charge is -2.19. The van der Waals surface area contributed by atoms with Crippen LogP contribution in [0.25, 0.3) is 0 Å². The van der Waals surface area contributed by atoms with Crippen LogP contribution in [0.4, 0.5) is 4.79 Å². The van der Waals surface area contributed by atoms with E-state index in [9.17, 15) is 9.59 Å². The molecule has 1 aliphatic rings. The van der Waals surface area contributed by atoms with Gasteiger partial charge in [0.2, 0.25) is 5.91 Å². The molecule has 0 aromatic carbocycles. The number of hydrogen-bond donors (Lipinski definition) is 1. The van der Waals surface area contributed by atoms with Gasteiger partial charge in [0.15, 0.2) is 0 Å². The lowest BCUT2D eigenvalue weighted by Crippen LogP contribution is -2.40. The number of likely N-dealkylation sites (tertiary alicyclic amines) is 1. The van der Waals surface area contributed by atoms with Gasteiger partial charge in [0, 0.05) is 39.1 Å². The van der Waals surface area contributed by atoms with Crippen LogP contribution in [0.5, 0.6) is 0 Å². The van der Waals surface area contributed by atoms with Crippen LogP contribution in [0.1, 0.15) is 33.1 Å².